The lowest BCUT2D eigenvalue weighted by Crippen LogP contribution is -2.44. The Morgan fingerprint density at radius 1 is 0.957 bits per heavy atom. The number of hydrogen-bond acceptors (Lipinski definition) is 3. The molecule has 1 heterocycles. The van der Waals surface area contributed by atoms with Gasteiger partial charge in [-0.2, -0.15) is 0 Å². The van der Waals surface area contributed by atoms with E-state index in [1.807, 2.05) is 6.07 Å². The summed E-state index contributed by atoms with van der Waals surface area (Å²) in [6.07, 6.45) is 2.41. The smallest absolute Gasteiger partial charge is 0.0421 e. The van der Waals surface area contributed by atoms with Crippen molar-refractivity contribution in [1.29, 1.82) is 0 Å². The standard InChI is InChI=1S/C20H27N3/c21-20(18-9-5-2-6-10-18)15-22-19-11-13-23(14-12-19)16-17-7-3-1-4-8-17/h1-10,19-20,22H,11-16,21H2. The highest BCUT2D eigenvalue weighted by atomic mass is 15.1. The largest absolute Gasteiger partial charge is 0.323 e. The van der Waals surface area contributed by atoms with Crippen molar-refractivity contribution in [3.8, 4) is 0 Å². The summed E-state index contributed by atoms with van der Waals surface area (Å²) >= 11 is 0. The molecular formula is C20H27N3. The van der Waals surface area contributed by atoms with Crippen molar-refractivity contribution in [1.82, 2.24) is 10.2 Å². The topological polar surface area (TPSA) is 41.3 Å². The number of piperidine rings is 1. The molecule has 122 valence electrons. The van der Waals surface area contributed by atoms with E-state index in [1.54, 1.807) is 0 Å². The van der Waals surface area contributed by atoms with Crippen molar-refractivity contribution in [2.24, 2.45) is 5.73 Å². The van der Waals surface area contributed by atoms with Gasteiger partial charge in [-0.15, -0.1) is 0 Å². The maximum atomic E-state index is 6.27. The van der Waals surface area contributed by atoms with Crippen molar-refractivity contribution in [2.75, 3.05) is 19.6 Å². The summed E-state index contributed by atoms with van der Waals surface area (Å²) in [7, 11) is 0. The lowest BCUT2D eigenvalue weighted by Gasteiger charge is -2.33. The maximum absolute atomic E-state index is 6.27. The van der Waals surface area contributed by atoms with Crippen molar-refractivity contribution in [2.45, 2.75) is 31.5 Å². The number of rotatable bonds is 6. The zero-order valence-electron chi connectivity index (χ0n) is 13.7. The van der Waals surface area contributed by atoms with E-state index < -0.39 is 0 Å². The molecule has 1 aliphatic heterocycles. The van der Waals surface area contributed by atoms with Gasteiger partial charge in [0, 0.05) is 25.2 Å². The van der Waals surface area contributed by atoms with E-state index in [-0.39, 0.29) is 6.04 Å². The van der Waals surface area contributed by atoms with Crippen LogP contribution in [0.2, 0.25) is 0 Å². The highest BCUT2D eigenvalue weighted by Gasteiger charge is 2.19. The average Bonchev–Trinajstić information content (AvgIpc) is 2.62. The van der Waals surface area contributed by atoms with Gasteiger partial charge in [0.25, 0.3) is 0 Å². The fourth-order valence-electron chi connectivity index (χ4n) is 3.25. The van der Waals surface area contributed by atoms with Gasteiger partial charge in [0.15, 0.2) is 0 Å². The Bertz CT molecular complexity index is 562. The minimum absolute atomic E-state index is 0.0820. The molecule has 0 spiro atoms. The molecule has 3 nitrogen and oxygen atoms in total. The van der Waals surface area contributed by atoms with Gasteiger partial charge in [0.1, 0.15) is 0 Å². The van der Waals surface area contributed by atoms with E-state index >= 15 is 0 Å². The fourth-order valence-corrected chi connectivity index (χ4v) is 3.25. The quantitative estimate of drug-likeness (QED) is 0.862. The van der Waals surface area contributed by atoms with E-state index in [9.17, 15) is 0 Å². The molecule has 2 aromatic rings. The summed E-state index contributed by atoms with van der Waals surface area (Å²) in [5, 5.41) is 3.65. The molecule has 0 amide bonds. The summed E-state index contributed by atoms with van der Waals surface area (Å²) < 4.78 is 0. The Morgan fingerprint density at radius 3 is 2.22 bits per heavy atom. The molecule has 0 aromatic heterocycles. The number of nitrogens with zero attached hydrogens (tertiary/aromatic N) is 1. The van der Waals surface area contributed by atoms with Crippen LogP contribution in [0.1, 0.15) is 30.0 Å². The highest BCUT2D eigenvalue weighted by molar-refractivity contribution is 5.18. The predicted octanol–water partition coefficient (Wildman–Crippen LogP) is 2.94. The van der Waals surface area contributed by atoms with Gasteiger partial charge in [0.05, 0.1) is 0 Å². The van der Waals surface area contributed by atoms with Gasteiger partial charge >= 0.3 is 0 Å². The van der Waals surface area contributed by atoms with Gasteiger partial charge in [-0.25, -0.2) is 0 Å². The monoisotopic (exact) mass is 309 g/mol. The number of likely N-dealkylation sites (tertiary alicyclic amines) is 1. The normalized spacial score (nSPS) is 18.0. The van der Waals surface area contributed by atoms with Gasteiger partial charge in [0.2, 0.25) is 0 Å². The molecule has 3 rings (SSSR count). The van der Waals surface area contributed by atoms with E-state index in [0.717, 1.165) is 26.2 Å². The first-order valence-corrected chi connectivity index (χ1v) is 8.61. The molecule has 0 bridgehead atoms. The molecule has 0 radical (unpaired) electrons. The molecule has 1 aliphatic rings. The molecule has 1 atom stereocenters. The molecular weight excluding hydrogens is 282 g/mol. The van der Waals surface area contributed by atoms with E-state index in [2.05, 4.69) is 64.8 Å². The van der Waals surface area contributed by atoms with Crippen LogP contribution in [0.15, 0.2) is 60.7 Å². The van der Waals surface area contributed by atoms with Crippen molar-refractivity contribution in [3.63, 3.8) is 0 Å². The van der Waals surface area contributed by atoms with Crippen LogP contribution in [0.25, 0.3) is 0 Å². The van der Waals surface area contributed by atoms with Crippen LogP contribution in [0.3, 0.4) is 0 Å². The Hall–Kier alpha value is -1.68. The third-order valence-corrected chi connectivity index (χ3v) is 4.69. The Kier molecular flexibility index (Phi) is 5.81. The van der Waals surface area contributed by atoms with Crippen LogP contribution < -0.4 is 11.1 Å². The summed E-state index contributed by atoms with van der Waals surface area (Å²) in [5.74, 6) is 0. The number of benzene rings is 2. The summed E-state index contributed by atoms with van der Waals surface area (Å²) in [4.78, 5) is 2.55. The second-order valence-corrected chi connectivity index (χ2v) is 6.46. The fraction of sp³-hybridized carbons (Fsp3) is 0.400. The van der Waals surface area contributed by atoms with E-state index in [1.165, 1.54) is 24.0 Å². The molecule has 1 unspecified atom stereocenters. The van der Waals surface area contributed by atoms with Crippen LogP contribution in [0.5, 0.6) is 0 Å². The second-order valence-electron chi connectivity index (χ2n) is 6.46. The maximum Gasteiger partial charge on any atom is 0.0421 e. The molecule has 0 saturated carbocycles. The zero-order valence-corrected chi connectivity index (χ0v) is 13.7. The molecule has 1 fully saturated rings. The van der Waals surface area contributed by atoms with E-state index in [0.29, 0.717) is 6.04 Å². The Morgan fingerprint density at radius 2 is 1.57 bits per heavy atom. The third-order valence-electron chi connectivity index (χ3n) is 4.69. The first-order valence-electron chi connectivity index (χ1n) is 8.61. The Balaban J connectivity index is 1.39. The van der Waals surface area contributed by atoms with Gasteiger partial charge in [-0.05, 0) is 37.1 Å². The zero-order chi connectivity index (χ0) is 15.9. The molecule has 3 heteroatoms. The van der Waals surface area contributed by atoms with E-state index in [4.69, 9.17) is 5.73 Å². The van der Waals surface area contributed by atoms with Crippen LogP contribution in [0.4, 0.5) is 0 Å². The van der Waals surface area contributed by atoms with Gasteiger partial charge < -0.3 is 11.1 Å². The third kappa shape index (κ3) is 4.90. The van der Waals surface area contributed by atoms with Crippen LogP contribution >= 0.6 is 0 Å². The van der Waals surface area contributed by atoms with Crippen LogP contribution in [-0.2, 0) is 6.54 Å². The van der Waals surface area contributed by atoms with Gasteiger partial charge in [-0.1, -0.05) is 60.7 Å². The number of nitrogens with one attached hydrogen (secondary N) is 1. The lowest BCUT2D eigenvalue weighted by atomic mass is 10.0. The van der Waals surface area contributed by atoms with Gasteiger partial charge in [-0.3, -0.25) is 4.90 Å². The van der Waals surface area contributed by atoms with Crippen molar-refractivity contribution in [3.05, 3.63) is 71.8 Å². The average molecular weight is 309 g/mol. The Labute approximate surface area is 139 Å². The lowest BCUT2D eigenvalue weighted by molar-refractivity contribution is 0.190. The molecule has 2 aromatic carbocycles. The molecule has 23 heavy (non-hydrogen) atoms. The summed E-state index contributed by atoms with van der Waals surface area (Å²) in [6, 6.07) is 21.8. The number of nitrogens with two attached hydrogens (primary N) is 1. The minimum atomic E-state index is 0.0820. The first-order chi connectivity index (χ1) is 11.3. The second kappa shape index (κ2) is 8.25. The first kappa shape index (κ1) is 16.2. The predicted molar refractivity (Wildman–Crippen MR) is 96.1 cm³/mol. The van der Waals surface area contributed by atoms with Crippen molar-refractivity contribution < 1.29 is 0 Å². The van der Waals surface area contributed by atoms with Crippen LogP contribution in [0, 0.1) is 0 Å². The summed E-state index contributed by atoms with van der Waals surface area (Å²) in [6.45, 7) is 4.24. The number of hydrogen-bond donors (Lipinski definition) is 2. The molecule has 3 N–H and O–H groups in total. The molecule has 0 aliphatic carbocycles. The highest BCUT2D eigenvalue weighted by Crippen LogP contribution is 2.15. The molecule has 1 saturated heterocycles. The van der Waals surface area contributed by atoms with Crippen LogP contribution in [-0.4, -0.2) is 30.6 Å². The SMILES string of the molecule is NC(CNC1CCN(Cc2ccccc2)CC1)c1ccccc1. The minimum Gasteiger partial charge on any atom is -0.323 e. The van der Waals surface area contributed by atoms with Crippen molar-refractivity contribution >= 4 is 0 Å². The summed E-state index contributed by atoms with van der Waals surface area (Å²) in [5.41, 5.74) is 8.89.